The summed E-state index contributed by atoms with van der Waals surface area (Å²) >= 11 is 0. The number of fused-ring (bicyclic) bond motifs is 2. The summed E-state index contributed by atoms with van der Waals surface area (Å²) in [5, 5.41) is 0. The molecule has 174 valence electrons. The van der Waals surface area contributed by atoms with Crippen LogP contribution < -0.4 is 9.47 Å². The van der Waals surface area contributed by atoms with Gasteiger partial charge in [0.15, 0.2) is 5.76 Å². The van der Waals surface area contributed by atoms with E-state index in [-0.39, 0.29) is 33.9 Å². The molecule has 34 heavy (non-hydrogen) atoms. The molecule has 0 bridgehead atoms. The van der Waals surface area contributed by atoms with E-state index in [1.165, 1.54) is 12.3 Å². The Labute approximate surface area is 195 Å². The fourth-order valence-electron chi connectivity index (χ4n) is 3.98. The van der Waals surface area contributed by atoms with Gasteiger partial charge in [-0.3, -0.25) is 19.5 Å². The number of nitrogens with zero attached hydrogens (tertiary/aromatic N) is 2. The van der Waals surface area contributed by atoms with Gasteiger partial charge >= 0.3 is 5.97 Å². The number of esters is 1. The van der Waals surface area contributed by atoms with Crippen LogP contribution in [-0.4, -0.2) is 66.9 Å². The molecule has 2 aliphatic rings. The number of hydrogen-bond acceptors (Lipinski definition) is 9. The molecule has 0 amide bonds. The first-order valence-electron chi connectivity index (χ1n) is 11.0. The minimum absolute atomic E-state index is 0.00873. The van der Waals surface area contributed by atoms with Crippen LogP contribution in [0.15, 0.2) is 53.3 Å². The van der Waals surface area contributed by atoms with Crippen LogP contribution in [0.3, 0.4) is 0 Å². The van der Waals surface area contributed by atoms with Crippen LogP contribution >= 0.6 is 0 Å². The first-order valence-corrected chi connectivity index (χ1v) is 11.0. The highest BCUT2D eigenvalue weighted by Crippen LogP contribution is 2.30. The van der Waals surface area contributed by atoms with Crippen molar-refractivity contribution in [1.82, 2.24) is 9.88 Å². The van der Waals surface area contributed by atoms with E-state index in [0.29, 0.717) is 12.4 Å². The molecule has 9 heteroatoms. The van der Waals surface area contributed by atoms with Gasteiger partial charge in [-0.05, 0) is 42.8 Å². The maximum absolute atomic E-state index is 12.9. The molecule has 3 heterocycles. The number of furan rings is 1. The van der Waals surface area contributed by atoms with E-state index in [9.17, 15) is 14.4 Å². The van der Waals surface area contributed by atoms with Gasteiger partial charge < -0.3 is 18.6 Å². The fourth-order valence-corrected chi connectivity index (χ4v) is 3.98. The number of ether oxygens (including phenoxy) is 3. The topological polar surface area (TPSA) is 108 Å². The highest BCUT2D eigenvalue weighted by Gasteiger charge is 2.38. The lowest BCUT2D eigenvalue weighted by molar-refractivity contribution is 0.0358. The number of rotatable bonds is 7. The van der Waals surface area contributed by atoms with E-state index in [1.54, 1.807) is 30.3 Å². The molecule has 0 radical (unpaired) electrons. The van der Waals surface area contributed by atoms with Gasteiger partial charge in [0.2, 0.25) is 11.6 Å². The van der Waals surface area contributed by atoms with Crippen molar-refractivity contribution in [2.24, 2.45) is 0 Å². The van der Waals surface area contributed by atoms with Crippen molar-refractivity contribution < 1.29 is 33.0 Å². The lowest BCUT2D eigenvalue weighted by atomic mass is 9.90. The van der Waals surface area contributed by atoms with Gasteiger partial charge in [0, 0.05) is 25.8 Å². The Balaban J connectivity index is 1.20. The molecule has 9 nitrogen and oxygen atoms in total. The molecule has 0 spiro atoms. The molecule has 1 saturated heterocycles. The summed E-state index contributed by atoms with van der Waals surface area (Å²) in [4.78, 5) is 44.6. The first-order chi connectivity index (χ1) is 16.6. The second-order valence-corrected chi connectivity index (χ2v) is 7.93. The normalized spacial score (nSPS) is 15.5. The number of pyridine rings is 1. The van der Waals surface area contributed by atoms with Crippen LogP contribution in [0.4, 0.5) is 0 Å². The Morgan fingerprint density at radius 2 is 1.79 bits per heavy atom. The van der Waals surface area contributed by atoms with Crippen LogP contribution in [0.2, 0.25) is 0 Å². The second-order valence-electron chi connectivity index (χ2n) is 7.93. The van der Waals surface area contributed by atoms with Crippen molar-refractivity contribution in [1.29, 1.82) is 0 Å². The minimum Gasteiger partial charge on any atom is -0.494 e. The monoisotopic (exact) mass is 462 g/mol. The van der Waals surface area contributed by atoms with Crippen molar-refractivity contribution >= 4 is 17.5 Å². The Morgan fingerprint density at radius 1 is 1.03 bits per heavy atom. The second kappa shape index (κ2) is 9.58. The first kappa shape index (κ1) is 22.0. The molecular weight excluding hydrogens is 440 g/mol. The van der Waals surface area contributed by atoms with Gasteiger partial charge in [0.1, 0.15) is 29.0 Å². The zero-order chi connectivity index (χ0) is 23.5. The van der Waals surface area contributed by atoms with E-state index in [2.05, 4.69) is 9.88 Å². The predicted molar refractivity (Wildman–Crippen MR) is 119 cm³/mol. The van der Waals surface area contributed by atoms with Crippen molar-refractivity contribution in [3.8, 4) is 11.5 Å². The molecule has 3 aromatic rings. The van der Waals surface area contributed by atoms with E-state index < -0.39 is 17.5 Å². The third-order valence-electron chi connectivity index (χ3n) is 5.74. The number of carbonyl (C=O) groups excluding carboxylic acids is 3. The van der Waals surface area contributed by atoms with E-state index in [4.69, 9.17) is 18.6 Å². The van der Waals surface area contributed by atoms with Gasteiger partial charge in [0.25, 0.3) is 0 Å². The molecule has 0 saturated carbocycles. The molecule has 1 aromatic carbocycles. The van der Waals surface area contributed by atoms with Crippen molar-refractivity contribution in [2.75, 3.05) is 39.5 Å². The molecule has 1 aliphatic carbocycles. The van der Waals surface area contributed by atoms with Crippen LogP contribution in [-0.2, 0) is 4.74 Å². The SMILES string of the molecule is O=C(Oc1ccc(OCCCN2CCOCC2)cc1)c1coc2c1C(=O)c1ncccc1C2=O. The van der Waals surface area contributed by atoms with E-state index >= 15 is 0 Å². The maximum Gasteiger partial charge on any atom is 0.347 e. The Hall–Kier alpha value is -3.82. The quantitative estimate of drug-likeness (QED) is 0.233. The third-order valence-corrected chi connectivity index (χ3v) is 5.74. The Kier molecular flexibility index (Phi) is 6.20. The highest BCUT2D eigenvalue weighted by atomic mass is 16.5. The number of carbonyl (C=O) groups is 3. The molecular formula is C25H22N2O7. The van der Waals surface area contributed by atoms with Gasteiger partial charge in [-0.2, -0.15) is 0 Å². The average Bonchev–Trinajstić information content (AvgIpc) is 3.33. The predicted octanol–water partition coefficient (Wildman–Crippen LogP) is 2.77. The van der Waals surface area contributed by atoms with Crippen LogP contribution in [0.1, 0.15) is 48.9 Å². The molecule has 0 N–H and O–H groups in total. The van der Waals surface area contributed by atoms with Crippen LogP contribution in [0, 0.1) is 0 Å². The van der Waals surface area contributed by atoms with Crippen LogP contribution in [0.25, 0.3) is 0 Å². The van der Waals surface area contributed by atoms with Crippen LogP contribution in [0.5, 0.6) is 11.5 Å². The molecule has 0 atom stereocenters. The number of morpholine rings is 1. The van der Waals surface area contributed by atoms with Crippen molar-refractivity contribution in [3.05, 3.63) is 77.0 Å². The lowest BCUT2D eigenvalue weighted by Gasteiger charge is -2.26. The summed E-state index contributed by atoms with van der Waals surface area (Å²) in [7, 11) is 0. The number of benzene rings is 1. The molecule has 5 rings (SSSR count). The summed E-state index contributed by atoms with van der Waals surface area (Å²) in [5.74, 6) is -1.10. The molecule has 2 aromatic heterocycles. The molecule has 1 aliphatic heterocycles. The average molecular weight is 462 g/mol. The standard InChI is InChI=1S/C25H22N2O7/c28-22-18-3-1-8-26-21(18)23(29)20-19(15-33-24(20)22)25(30)34-17-6-4-16(5-7-17)32-12-2-9-27-10-13-31-14-11-27/h1,3-8,15H,2,9-14H2. The van der Waals surface area contributed by atoms with Crippen molar-refractivity contribution in [3.63, 3.8) is 0 Å². The van der Waals surface area contributed by atoms with Gasteiger partial charge in [-0.25, -0.2) is 4.79 Å². The summed E-state index contributed by atoms with van der Waals surface area (Å²) < 4.78 is 21.8. The number of hydrogen-bond donors (Lipinski definition) is 0. The zero-order valence-corrected chi connectivity index (χ0v) is 18.3. The lowest BCUT2D eigenvalue weighted by Crippen LogP contribution is -2.37. The highest BCUT2D eigenvalue weighted by molar-refractivity contribution is 6.29. The van der Waals surface area contributed by atoms with Gasteiger partial charge in [-0.1, -0.05) is 0 Å². The van der Waals surface area contributed by atoms with E-state index in [0.717, 1.165) is 45.5 Å². The Morgan fingerprint density at radius 3 is 2.59 bits per heavy atom. The smallest absolute Gasteiger partial charge is 0.347 e. The zero-order valence-electron chi connectivity index (χ0n) is 18.3. The summed E-state index contributed by atoms with van der Waals surface area (Å²) in [6, 6.07) is 9.67. The summed E-state index contributed by atoms with van der Waals surface area (Å²) in [5.41, 5.74) is -0.102. The number of ketones is 2. The van der Waals surface area contributed by atoms with E-state index in [1.807, 2.05) is 0 Å². The molecule has 1 fully saturated rings. The summed E-state index contributed by atoms with van der Waals surface area (Å²) in [6.45, 7) is 4.97. The van der Waals surface area contributed by atoms with Gasteiger partial charge in [0.05, 0.1) is 30.9 Å². The Bertz CT molecular complexity index is 1230. The largest absolute Gasteiger partial charge is 0.494 e. The fraction of sp³-hybridized carbons (Fsp3) is 0.280. The third kappa shape index (κ3) is 4.35. The maximum atomic E-state index is 12.9. The minimum atomic E-state index is -0.801. The van der Waals surface area contributed by atoms with Gasteiger partial charge in [-0.15, -0.1) is 0 Å². The summed E-state index contributed by atoms with van der Waals surface area (Å²) in [6.07, 6.45) is 3.38. The van der Waals surface area contributed by atoms with Crippen molar-refractivity contribution in [2.45, 2.75) is 6.42 Å². The molecule has 0 unspecified atom stereocenters. The number of aromatic nitrogens is 1.